The van der Waals surface area contributed by atoms with Crippen molar-refractivity contribution in [1.82, 2.24) is 9.71 Å². The van der Waals surface area contributed by atoms with Crippen molar-refractivity contribution in [3.63, 3.8) is 0 Å². The first-order valence-corrected chi connectivity index (χ1v) is 10.7. The van der Waals surface area contributed by atoms with Crippen LogP contribution in [0.4, 0.5) is 0 Å². The summed E-state index contributed by atoms with van der Waals surface area (Å²) in [6, 6.07) is 24.4. The zero-order valence-corrected chi connectivity index (χ0v) is 16.4. The third-order valence-corrected chi connectivity index (χ3v) is 6.29. The van der Waals surface area contributed by atoms with Gasteiger partial charge in [-0.25, -0.2) is 17.9 Å². The van der Waals surface area contributed by atoms with Crippen LogP contribution >= 0.6 is 0 Å². The van der Waals surface area contributed by atoms with Crippen LogP contribution in [0.25, 0.3) is 11.1 Å². The number of oxazole rings is 1. The molecule has 7 heteroatoms. The summed E-state index contributed by atoms with van der Waals surface area (Å²) < 4.78 is 33.0. The Kier molecular flexibility index (Phi) is 5.33. The van der Waals surface area contributed by atoms with E-state index in [1.54, 1.807) is 0 Å². The Hall–Kier alpha value is -3.16. The molecule has 148 valence electrons. The molecule has 29 heavy (non-hydrogen) atoms. The van der Waals surface area contributed by atoms with Gasteiger partial charge in [0, 0.05) is 12.5 Å². The normalized spacial score (nSPS) is 11.9. The van der Waals surface area contributed by atoms with Crippen molar-refractivity contribution in [2.45, 2.75) is 17.2 Å². The first-order valence-electron chi connectivity index (χ1n) is 9.25. The Morgan fingerprint density at radius 3 is 2.14 bits per heavy atom. The van der Waals surface area contributed by atoms with E-state index >= 15 is 0 Å². The van der Waals surface area contributed by atoms with Gasteiger partial charge in [-0.15, -0.1) is 0 Å². The third-order valence-electron chi connectivity index (χ3n) is 4.83. The van der Waals surface area contributed by atoms with Crippen LogP contribution in [0.1, 0.15) is 23.5 Å². The lowest BCUT2D eigenvalue weighted by atomic mass is 9.89. The number of rotatable bonds is 7. The summed E-state index contributed by atoms with van der Waals surface area (Å²) in [4.78, 5) is 13.8. The third kappa shape index (κ3) is 4.31. The smallest absolute Gasteiger partial charge is 0.408 e. The second kappa shape index (κ2) is 8.06. The zero-order valence-electron chi connectivity index (χ0n) is 15.5. The van der Waals surface area contributed by atoms with Crippen LogP contribution in [0.3, 0.4) is 0 Å². The van der Waals surface area contributed by atoms with Crippen molar-refractivity contribution in [3.05, 3.63) is 101 Å². The molecule has 0 aliphatic heterocycles. The Morgan fingerprint density at radius 2 is 1.52 bits per heavy atom. The van der Waals surface area contributed by atoms with Gasteiger partial charge in [-0.3, -0.25) is 4.98 Å². The van der Waals surface area contributed by atoms with Crippen molar-refractivity contribution in [2.75, 3.05) is 6.54 Å². The van der Waals surface area contributed by atoms with Crippen LogP contribution in [-0.2, 0) is 10.0 Å². The maximum Gasteiger partial charge on any atom is 0.417 e. The minimum atomic E-state index is -3.72. The van der Waals surface area contributed by atoms with Gasteiger partial charge in [0.05, 0.1) is 10.4 Å². The Labute approximate surface area is 168 Å². The SMILES string of the molecule is O=c1[nH]c2cc(S(=O)(=O)NCCC(c3ccccc3)c3ccccc3)ccc2o1. The van der Waals surface area contributed by atoms with Crippen LogP contribution in [0.5, 0.6) is 0 Å². The maximum atomic E-state index is 12.7. The predicted octanol–water partition coefficient (Wildman–Crippen LogP) is 3.62. The Bertz CT molecular complexity index is 1220. The van der Waals surface area contributed by atoms with Crippen molar-refractivity contribution >= 4 is 21.1 Å². The molecule has 0 saturated heterocycles. The average molecular weight is 408 g/mol. The van der Waals surface area contributed by atoms with Crippen molar-refractivity contribution in [2.24, 2.45) is 0 Å². The van der Waals surface area contributed by atoms with Crippen LogP contribution in [0.2, 0.25) is 0 Å². The maximum absolute atomic E-state index is 12.7. The summed E-state index contributed by atoms with van der Waals surface area (Å²) in [6.07, 6.45) is 0.609. The van der Waals surface area contributed by atoms with Crippen molar-refractivity contribution in [3.8, 4) is 0 Å². The molecule has 0 amide bonds. The molecule has 0 spiro atoms. The molecule has 1 heterocycles. The molecule has 3 aromatic carbocycles. The Morgan fingerprint density at radius 1 is 0.897 bits per heavy atom. The first-order chi connectivity index (χ1) is 14.0. The second-order valence-electron chi connectivity index (χ2n) is 6.73. The molecule has 0 atom stereocenters. The van der Waals surface area contributed by atoms with Gasteiger partial charge >= 0.3 is 5.76 Å². The van der Waals surface area contributed by atoms with E-state index in [0.717, 1.165) is 11.1 Å². The number of benzene rings is 3. The number of H-pyrrole nitrogens is 1. The fourth-order valence-corrected chi connectivity index (χ4v) is 4.49. The van der Waals surface area contributed by atoms with E-state index < -0.39 is 15.8 Å². The molecule has 0 unspecified atom stereocenters. The monoisotopic (exact) mass is 408 g/mol. The van der Waals surface area contributed by atoms with Gasteiger partial charge in [0.25, 0.3) is 0 Å². The highest BCUT2D eigenvalue weighted by atomic mass is 32.2. The highest BCUT2D eigenvalue weighted by molar-refractivity contribution is 7.89. The number of sulfonamides is 1. The zero-order chi connectivity index (χ0) is 20.3. The first kappa shape index (κ1) is 19.2. The molecular formula is C22H20N2O4S. The molecule has 0 saturated carbocycles. The van der Waals surface area contributed by atoms with E-state index in [1.807, 2.05) is 36.4 Å². The van der Waals surface area contributed by atoms with Gasteiger partial charge in [-0.05, 0) is 35.7 Å². The molecule has 0 aliphatic rings. The number of aromatic amines is 1. The van der Waals surface area contributed by atoms with Crippen LogP contribution < -0.4 is 10.5 Å². The van der Waals surface area contributed by atoms with Crippen LogP contribution in [-0.4, -0.2) is 19.9 Å². The Balaban J connectivity index is 1.52. The lowest BCUT2D eigenvalue weighted by Gasteiger charge is -2.18. The van der Waals surface area contributed by atoms with E-state index in [1.165, 1.54) is 18.2 Å². The van der Waals surface area contributed by atoms with Crippen molar-refractivity contribution in [1.29, 1.82) is 0 Å². The van der Waals surface area contributed by atoms with Crippen LogP contribution in [0.15, 0.2) is 93.0 Å². The standard InChI is InChI=1S/C22H20N2O4S/c25-22-24-20-15-18(11-12-21(20)28-22)29(26,27)23-14-13-19(16-7-3-1-4-8-16)17-9-5-2-6-10-17/h1-12,15,19,23H,13-14H2,(H,24,25). The molecular weight excluding hydrogens is 388 g/mol. The lowest BCUT2D eigenvalue weighted by Crippen LogP contribution is -2.26. The number of aromatic nitrogens is 1. The van der Waals surface area contributed by atoms with Gasteiger partial charge in [-0.1, -0.05) is 60.7 Å². The molecule has 0 radical (unpaired) electrons. The molecule has 0 fully saturated rings. The molecule has 1 aromatic heterocycles. The predicted molar refractivity (Wildman–Crippen MR) is 111 cm³/mol. The summed E-state index contributed by atoms with van der Waals surface area (Å²) in [6.45, 7) is 0.275. The number of hydrogen-bond donors (Lipinski definition) is 2. The van der Waals surface area contributed by atoms with E-state index in [-0.39, 0.29) is 17.4 Å². The van der Waals surface area contributed by atoms with Crippen LogP contribution in [0, 0.1) is 0 Å². The number of fused-ring (bicyclic) bond motifs is 1. The van der Waals surface area contributed by atoms with Gasteiger partial charge in [-0.2, -0.15) is 0 Å². The lowest BCUT2D eigenvalue weighted by molar-refractivity contribution is 0.555. The fraction of sp³-hybridized carbons (Fsp3) is 0.136. The summed E-state index contributed by atoms with van der Waals surface area (Å²) >= 11 is 0. The number of hydrogen-bond acceptors (Lipinski definition) is 4. The highest BCUT2D eigenvalue weighted by Gasteiger charge is 2.18. The van der Waals surface area contributed by atoms with E-state index in [0.29, 0.717) is 17.5 Å². The summed E-state index contributed by atoms with van der Waals surface area (Å²) in [5, 5.41) is 0. The minimum Gasteiger partial charge on any atom is -0.408 e. The van der Waals surface area contributed by atoms with Gasteiger partial charge in [0.2, 0.25) is 10.0 Å². The summed E-state index contributed by atoms with van der Waals surface area (Å²) in [5.74, 6) is -0.538. The quantitative estimate of drug-likeness (QED) is 0.488. The molecule has 4 aromatic rings. The van der Waals surface area contributed by atoms with E-state index in [9.17, 15) is 13.2 Å². The topological polar surface area (TPSA) is 92.2 Å². The average Bonchev–Trinajstić information content (AvgIpc) is 3.12. The molecule has 4 rings (SSSR count). The van der Waals surface area contributed by atoms with Gasteiger partial charge in [0.1, 0.15) is 0 Å². The summed E-state index contributed by atoms with van der Waals surface area (Å²) in [7, 11) is -3.72. The molecule has 0 bridgehead atoms. The molecule has 0 aliphatic carbocycles. The fourth-order valence-electron chi connectivity index (χ4n) is 3.42. The minimum absolute atomic E-state index is 0.0767. The highest BCUT2D eigenvalue weighted by Crippen LogP contribution is 2.27. The number of nitrogens with one attached hydrogen (secondary N) is 2. The van der Waals surface area contributed by atoms with Gasteiger partial charge in [0.15, 0.2) is 5.58 Å². The largest absolute Gasteiger partial charge is 0.417 e. The molecule has 2 N–H and O–H groups in total. The molecule has 6 nitrogen and oxygen atoms in total. The van der Waals surface area contributed by atoms with E-state index in [2.05, 4.69) is 34.0 Å². The summed E-state index contributed by atoms with van der Waals surface area (Å²) in [5.41, 5.74) is 2.94. The van der Waals surface area contributed by atoms with Crippen molar-refractivity contribution < 1.29 is 12.8 Å². The second-order valence-corrected chi connectivity index (χ2v) is 8.50. The van der Waals surface area contributed by atoms with E-state index in [4.69, 9.17) is 4.42 Å². The van der Waals surface area contributed by atoms with Gasteiger partial charge < -0.3 is 4.42 Å².